The van der Waals surface area contributed by atoms with Gasteiger partial charge in [0.1, 0.15) is 11.5 Å². The van der Waals surface area contributed by atoms with Crippen molar-refractivity contribution in [1.29, 1.82) is 0 Å². The summed E-state index contributed by atoms with van der Waals surface area (Å²) in [5.74, 6) is 0.852. The summed E-state index contributed by atoms with van der Waals surface area (Å²) >= 11 is 5.53. The second kappa shape index (κ2) is 8.19. The zero-order chi connectivity index (χ0) is 23.1. The van der Waals surface area contributed by atoms with Gasteiger partial charge in [-0.05, 0) is 49.8 Å². The summed E-state index contributed by atoms with van der Waals surface area (Å²) < 4.78 is 12.3. The third-order valence-electron chi connectivity index (χ3n) is 6.14. The van der Waals surface area contributed by atoms with Crippen LogP contribution in [0.2, 0.25) is 0 Å². The van der Waals surface area contributed by atoms with E-state index in [2.05, 4.69) is 48.7 Å². The van der Waals surface area contributed by atoms with Crippen LogP contribution in [0.15, 0.2) is 78.9 Å². The maximum Gasteiger partial charge on any atom is 0.343 e. The quantitative estimate of drug-likeness (QED) is 0.321. The molecule has 0 aromatic heterocycles. The van der Waals surface area contributed by atoms with E-state index in [1.807, 2.05) is 42.5 Å². The largest absolute Gasteiger partial charge is 0.468 e. The number of ether oxygens (including phenoxy) is 2. The molecule has 2 N–H and O–H groups in total. The highest BCUT2D eigenvalue weighted by atomic mass is 32.1. The van der Waals surface area contributed by atoms with E-state index in [9.17, 15) is 4.79 Å². The number of esters is 1. The van der Waals surface area contributed by atoms with E-state index in [0.29, 0.717) is 22.2 Å². The SMILES string of the molecule is CC1(C)C[C@@]2(C[C@H](c3ccccc3)c3ccc(OC(=O)c4ccccc4)cc3O2)NC(=S)N1. The van der Waals surface area contributed by atoms with E-state index in [-0.39, 0.29) is 11.5 Å². The summed E-state index contributed by atoms with van der Waals surface area (Å²) in [6, 6.07) is 25.0. The van der Waals surface area contributed by atoms with Gasteiger partial charge in [-0.2, -0.15) is 0 Å². The van der Waals surface area contributed by atoms with E-state index in [1.165, 1.54) is 5.56 Å². The first-order chi connectivity index (χ1) is 15.8. The number of carbonyl (C=O) groups excluding carboxylic acids is 1. The van der Waals surface area contributed by atoms with E-state index < -0.39 is 11.7 Å². The number of hydrogen-bond acceptors (Lipinski definition) is 4. The Labute approximate surface area is 199 Å². The Kier molecular flexibility index (Phi) is 5.33. The van der Waals surface area contributed by atoms with Crippen LogP contribution in [0.5, 0.6) is 11.5 Å². The van der Waals surface area contributed by atoms with Crippen molar-refractivity contribution < 1.29 is 14.3 Å². The van der Waals surface area contributed by atoms with Crippen LogP contribution in [-0.4, -0.2) is 22.3 Å². The molecule has 33 heavy (non-hydrogen) atoms. The van der Waals surface area contributed by atoms with Gasteiger partial charge < -0.3 is 20.1 Å². The molecule has 1 spiro atoms. The van der Waals surface area contributed by atoms with Crippen molar-refractivity contribution in [2.24, 2.45) is 0 Å². The molecule has 0 amide bonds. The number of hydrogen-bond donors (Lipinski definition) is 2. The summed E-state index contributed by atoms with van der Waals surface area (Å²) in [5.41, 5.74) is 1.89. The maximum absolute atomic E-state index is 12.6. The van der Waals surface area contributed by atoms with Crippen LogP contribution in [0.25, 0.3) is 0 Å². The third-order valence-corrected chi connectivity index (χ3v) is 6.35. The molecule has 0 aliphatic carbocycles. The summed E-state index contributed by atoms with van der Waals surface area (Å²) in [6.07, 6.45) is 1.45. The average molecular weight is 459 g/mol. The van der Waals surface area contributed by atoms with Crippen LogP contribution in [-0.2, 0) is 0 Å². The molecule has 0 saturated carbocycles. The molecule has 2 aliphatic rings. The normalized spacial score (nSPS) is 23.0. The van der Waals surface area contributed by atoms with Crippen LogP contribution in [0.3, 0.4) is 0 Å². The second-order valence-electron chi connectivity index (χ2n) is 9.36. The lowest BCUT2D eigenvalue weighted by molar-refractivity contribution is -0.0128. The van der Waals surface area contributed by atoms with Gasteiger partial charge in [0.2, 0.25) is 0 Å². The Hall–Kier alpha value is -3.38. The van der Waals surface area contributed by atoms with Gasteiger partial charge in [0.25, 0.3) is 0 Å². The number of thiocarbonyl (C=S) groups is 1. The van der Waals surface area contributed by atoms with Crippen LogP contribution >= 0.6 is 12.2 Å². The van der Waals surface area contributed by atoms with Gasteiger partial charge in [0.05, 0.1) is 5.56 Å². The molecule has 6 heteroatoms. The molecule has 5 rings (SSSR count). The Morgan fingerprint density at radius 2 is 1.70 bits per heavy atom. The molecule has 0 bridgehead atoms. The minimum atomic E-state index is -0.665. The highest BCUT2D eigenvalue weighted by Gasteiger charge is 2.48. The fraction of sp³-hybridized carbons (Fsp3) is 0.259. The molecule has 2 atom stereocenters. The molecule has 5 nitrogen and oxygen atoms in total. The highest BCUT2D eigenvalue weighted by Crippen LogP contribution is 2.47. The smallest absolute Gasteiger partial charge is 0.343 e. The fourth-order valence-corrected chi connectivity index (χ4v) is 5.36. The van der Waals surface area contributed by atoms with Crippen molar-refractivity contribution in [3.05, 3.63) is 95.6 Å². The van der Waals surface area contributed by atoms with Gasteiger partial charge in [-0.1, -0.05) is 54.6 Å². The Bertz CT molecular complexity index is 1200. The first-order valence-electron chi connectivity index (χ1n) is 11.1. The molecule has 0 radical (unpaired) electrons. The van der Waals surface area contributed by atoms with Crippen LogP contribution < -0.4 is 20.1 Å². The molecule has 3 aromatic rings. The van der Waals surface area contributed by atoms with Gasteiger partial charge >= 0.3 is 5.97 Å². The first-order valence-corrected chi connectivity index (χ1v) is 11.5. The zero-order valence-electron chi connectivity index (χ0n) is 18.6. The molecule has 2 heterocycles. The minimum absolute atomic E-state index is 0.109. The number of carbonyl (C=O) groups is 1. The lowest BCUT2D eigenvalue weighted by atomic mass is 9.77. The number of rotatable bonds is 3. The maximum atomic E-state index is 12.6. The lowest BCUT2D eigenvalue weighted by Crippen LogP contribution is -2.69. The monoisotopic (exact) mass is 458 g/mol. The van der Waals surface area contributed by atoms with Crippen LogP contribution in [0.4, 0.5) is 0 Å². The van der Waals surface area contributed by atoms with Gasteiger partial charge in [-0.25, -0.2) is 4.79 Å². The van der Waals surface area contributed by atoms with Crippen LogP contribution in [0.1, 0.15) is 54.1 Å². The zero-order valence-corrected chi connectivity index (χ0v) is 19.4. The van der Waals surface area contributed by atoms with Gasteiger partial charge in [0.15, 0.2) is 10.8 Å². The molecule has 2 aliphatic heterocycles. The molecule has 1 saturated heterocycles. The topological polar surface area (TPSA) is 59.6 Å². The first kappa shape index (κ1) is 21.5. The highest BCUT2D eigenvalue weighted by molar-refractivity contribution is 7.80. The van der Waals surface area contributed by atoms with E-state index >= 15 is 0 Å². The summed E-state index contributed by atoms with van der Waals surface area (Å²) in [7, 11) is 0. The van der Waals surface area contributed by atoms with Gasteiger partial charge in [0, 0.05) is 35.9 Å². The molecule has 1 fully saturated rings. The Morgan fingerprint density at radius 1 is 1.00 bits per heavy atom. The van der Waals surface area contributed by atoms with Crippen molar-refractivity contribution in [3.63, 3.8) is 0 Å². The third kappa shape index (κ3) is 4.44. The molecular formula is C27H26N2O3S. The van der Waals surface area contributed by atoms with Crippen molar-refractivity contribution in [3.8, 4) is 11.5 Å². The Balaban J connectivity index is 1.52. The van der Waals surface area contributed by atoms with E-state index in [0.717, 1.165) is 18.4 Å². The Morgan fingerprint density at radius 3 is 2.39 bits per heavy atom. The van der Waals surface area contributed by atoms with Crippen molar-refractivity contribution in [1.82, 2.24) is 10.6 Å². The van der Waals surface area contributed by atoms with Gasteiger partial charge in [-0.3, -0.25) is 0 Å². The molecule has 168 valence electrons. The predicted molar refractivity (Wildman–Crippen MR) is 132 cm³/mol. The molecule has 3 aromatic carbocycles. The minimum Gasteiger partial charge on any atom is -0.468 e. The van der Waals surface area contributed by atoms with E-state index in [4.69, 9.17) is 21.7 Å². The van der Waals surface area contributed by atoms with Crippen molar-refractivity contribution >= 4 is 23.3 Å². The summed E-state index contributed by atoms with van der Waals surface area (Å²) in [4.78, 5) is 12.6. The van der Waals surface area contributed by atoms with Crippen molar-refractivity contribution in [2.45, 2.75) is 43.9 Å². The van der Waals surface area contributed by atoms with E-state index in [1.54, 1.807) is 12.1 Å². The fourth-order valence-electron chi connectivity index (χ4n) is 4.90. The molecular weight excluding hydrogens is 432 g/mol. The van der Waals surface area contributed by atoms with Crippen molar-refractivity contribution in [2.75, 3.05) is 0 Å². The van der Waals surface area contributed by atoms with Crippen LogP contribution in [0, 0.1) is 0 Å². The molecule has 0 unspecified atom stereocenters. The average Bonchev–Trinajstić information content (AvgIpc) is 2.78. The number of fused-ring (bicyclic) bond motifs is 1. The van der Waals surface area contributed by atoms with Gasteiger partial charge in [-0.15, -0.1) is 0 Å². The second-order valence-corrected chi connectivity index (χ2v) is 9.77. The standard InChI is InChI=1S/C27H26N2O3S/c1-26(2)17-27(29-25(33)28-26)16-22(18-9-5-3-6-10-18)21-14-13-20(15-23(21)32-27)31-24(30)19-11-7-4-8-12-19/h3-15,22H,16-17H2,1-2H3,(H2,28,29,33)/t22-,27+/m1/s1. The summed E-state index contributed by atoms with van der Waals surface area (Å²) in [6.45, 7) is 4.24. The number of nitrogens with one attached hydrogen (secondary N) is 2. The predicted octanol–water partition coefficient (Wildman–Crippen LogP) is 5.16. The lowest BCUT2D eigenvalue weighted by Gasteiger charge is -2.50. The summed E-state index contributed by atoms with van der Waals surface area (Å²) in [5, 5.41) is 7.31. The number of benzene rings is 3.